The summed E-state index contributed by atoms with van der Waals surface area (Å²) in [6.07, 6.45) is 1.26. The lowest BCUT2D eigenvalue weighted by atomic mass is 10.1. The number of thioether (sulfide) groups is 1. The molecule has 1 aromatic rings. The van der Waals surface area contributed by atoms with Gasteiger partial charge in [-0.2, -0.15) is 0 Å². The van der Waals surface area contributed by atoms with Gasteiger partial charge in [0.15, 0.2) is 0 Å². The first-order valence-electron chi connectivity index (χ1n) is 6.80. The highest BCUT2D eigenvalue weighted by molar-refractivity contribution is 7.99. The molecule has 0 aliphatic carbocycles. The van der Waals surface area contributed by atoms with Gasteiger partial charge < -0.3 is 10.4 Å². The van der Waals surface area contributed by atoms with E-state index in [4.69, 9.17) is 16.7 Å². The molecule has 1 atom stereocenters. The molecule has 1 unspecified atom stereocenters. The number of carboxylic acids is 1. The first kappa shape index (κ1) is 17.9. The summed E-state index contributed by atoms with van der Waals surface area (Å²) in [5.41, 5.74) is 1.13. The van der Waals surface area contributed by atoms with Gasteiger partial charge in [-0.1, -0.05) is 30.7 Å². The number of rotatable bonds is 9. The van der Waals surface area contributed by atoms with E-state index in [1.54, 1.807) is 18.7 Å². The van der Waals surface area contributed by atoms with Gasteiger partial charge in [0.25, 0.3) is 0 Å². The Balaban J connectivity index is 2.09. The lowest BCUT2D eigenvalue weighted by Gasteiger charge is -2.07. The van der Waals surface area contributed by atoms with Crippen LogP contribution < -0.4 is 5.32 Å². The second-order valence-corrected chi connectivity index (χ2v) is 6.27. The molecule has 4 nitrogen and oxygen atoms in total. The minimum atomic E-state index is -0.792. The van der Waals surface area contributed by atoms with Crippen molar-refractivity contribution >= 4 is 35.2 Å². The number of halogens is 1. The summed E-state index contributed by atoms with van der Waals surface area (Å²) in [5.74, 6) is -0.00411. The lowest BCUT2D eigenvalue weighted by molar-refractivity contribution is -0.141. The number of carbonyl (C=O) groups excluding carboxylic acids is 1. The minimum Gasteiger partial charge on any atom is -0.481 e. The number of hydrogen-bond acceptors (Lipinski definition) is 3. The molecule has 6 heteroatoms. The van der Waals surface area contributed by atoms with E-state index in [-0.39, 0.29) is 11.8 Å². The Morgan fingerprint density at radius 2 is 2.00 bits per heavy atom. The van der Waals surface area contributed by atoms with Gasteiger partial charge in [-0.15, -0.1) is 11.8 Å². The van der Waals surface area contributed by atoms with Crippen LogP contribution in [0.15, 0.2) is 24.3 Å². The van der Waals surface area contributed by atoms with E-state index in [1.165, 1.54) is 0 Å². The summed E-state index contributed by atoms with van der Waals surface area (Å²) in [7, 11) is 0. The van der Waals surface area contributed by atoms with Gasteiger partial charge in [-0.25, -0.2) is 0 Å². The molecule has 0 aliphatic rings. The summed E-state index contributed by atoms with van der Waals surface area (Å²) >= 11 is 7.34. The van der Waals surface area contributed by atoms with Gasteiger partial charge in [-0.05, 0) is 30.5 Å². The van der Waals surface area contributed by atoms with E-state index >= 15 is 0 Å². The molecule has 0 aromatic heterocycles. The van der Waals surface area contributed by atoms with Crippen molar-refractivity contribution in [2.75, 3.05) is 12.3 Å². The molecule has 0 bridgehead atoms. The van der Waals surface area contributed by atoms with Crippen LogP contribution in [0, 0.1) is 5.92 Å². The van der Waals surface area contributed by atoms with Gasteiger partial charge in [0.1, 0.15) is 0 Å². The largest absolute Gasteiger partial charge is 0.481 e. The van der Waals surface area contributed by atoms with Crippen molar-refractivity contribution in [3.8, 4) is 0 Å². The highest BCUT2D eigenvalue weighted by Gasteiger charge is 2.10. The van der Waals surface area contributed by atoms with Crippen LogP contribution in [-0.2, 0) is 15.3 Å². The fourth-order valence-electron chi connectivity index (χ4n) is 1.65. The molecule has 2 N–H and O–H groups in total. The van der Waals surface area contributed by atoms with Crippen molar-refractivity contribution in [3.63, 3.8) is 0 Å². The van der Waals surface area contributed by atoms with Crippen molar-refractivity contribution in [1.82, 2.24) is 5.32 Å². The Kier molecular flexibility index (Phi) is 8.23. The average molecular weight is 330 g/mol. The van der Waals surface area contributed by atoms with E-state index in [0.717, 1.165) is 11.3 Å². The quantitative estimate of drug-likeness (QED) is 0.683. The molecule has 0 radical (unpaired) electrons. The Morgan fingerprint density at radius 3 is 2.62 bits per heavy atom. The van der Waals surface area contributed by atoms with Crippen LogP contribution in [0.2, 0.25) is 5.02 Å². The first-order chi connectivity index (χ1) is 9.99. The van der Waals surface area contributed by atoms with Crippen LogP contribution in [-0.4, -0.2) is 29.3 Å². The van der Waals surface area contributed by atoms with E-state index < -0.39 is 5.97 Å². The van der Waals surface area contributed by atoms with Gasteiger partial charge in [0.05, 0.1) is 11.7 Å². The van der Waals surface area contributed by atoms with Gasteiger partial charge in [-0.3, -0.25) is 9.59 Å². The van der Waals surface area contributed by atoms with Crippen molar-refractivity contribution in [2.45, 2.75) is 25.5 Å². The predicted octanol–water partition coefficient (Wildman–Crippen LogP) is 3.19. The number of aliphatic carboxylic acids is 1. The van der Waals surface area contributed by atoms with E-state index in [2.05, 4.69) is 5.32 Å². The molecule has 0 heterocycles. The van der Waals surface area contributed by atoms with Crippen LogP contribution in [0.5, 0.6) is 0 Å². The monoisotopic (exact) mass is 329 g/mol. The summed E-state index contributed by atoms with van der Waals surface area (Å²) in [6, 6.07) is 7.56. The number of carboxylic acid groups (broad SMARTS) is 1. The molecule has 1 amide bonds. The van der Waals surface area contributed by atoms with Crippen LogP contribution in [0.1, 0.15) is 25.3 Å². The predicted molar refractivity (Wildman–Crippen MR) is 86.7 cm³/mol. The molecule has 1 aromatic carbocycles. The molecule has 116 valence electrons. The van der Waals surface area contributed by atoms with Gasteiger partial charge in [0, 0.05) is 17.3 Å². The average Bonchev–Trinajstić information content (AvgIpc) is 2.45. The third kappa shape index (κ3) is 7.97. The standard InChI is InChI=1S/C15H20ClNO3S/c1-11(15(19)20)3-2-8-17-14(18)10-21-9-12-4-6-13(16)7-5-12/h4-7,11H,2-3,8-10H2,1H3,(H,17,18)(H,19,20). The molecule has 21 heavy (non-hydrogen) atoms. The molecule has 0 saturated carbocycles. The second kappa shape index (κ2) is 9.68. The summed E-state index contributed by atoms with van der Waals surface area (Å²) in [5, 5.41) is 12.2. The molecular formula is C15H20ClNO3S. The zero-order valence-corrected chi connectivity index (χ0v) is 13.5. The number of carbonyl (C=O) groups is 2. The Bertz CT molecular complexity index is 464. The molecular weight excluding hydrogens is 310 g/mol. The third-order valence-electron chi connectivity index (χ3n) is 2.97. The van der Waals surface area contributed by atoms with Crippen molar-refractivity contribution in [1.29, 1.82) is 0 Å². The van der Waals surface area contributed by atoms with Crippen molar-refractivity contribution < 1.29 is 14.7 Å². The maximum atomic E-state index is 11.6. The summed E-state index contributed by atoms with van der Waals surface area (Å²) in [4.78, 5) is 22.2. The molecule has 1 rings (SSSR count). The fourth-order valence-corrected chi connectivity index (χ4v) is 2.60. The molecule has 0 saturated heterocycles. The fraction of sp³-hybridized carbons (Fsp3) is 0.467. The number of benzene rings is 1. The van der Waals surface area contributed by atoms with E-state index in [9.17, 15) is 9.59 Å². The molecule has 0 spiro atoms. The second-order valence-electron chi connectivity index (χ2n) is 4.85. The highest BCUT2D eigenvalue weighted by atomic mass is 35.5. The number of nitrogens with one attached hydrogen (secondary N) is 1. The van der Waals surface area contributed by atoms with Crippen molar-refractivity contribution in [3.05, 3.63) is 34.9 Å². The smallest absolute Gasteiger partial charge is 0.306 e. The highest BCUT2D eigenvalue weighted by Crippen LogP contribution is 2.15. The topological polar surface area (TPSA) is 66.4 Å². The number of hydrogen-bond donors (Lipinski definition) is 2. The van der Waals surface area contributed by atoms with E-state index in [1.807, 2.05) is 24.3 Å². The zero-order chi connectivity index (χ0) is 15.7. The minimum absolute atomic E-state index is 0.0167. The number of amides is 1. The van der Waals surface area contributed by atoms with Crippen LogP contribution in [0.4, 0.5) is 0 Å². The molecule has 0 aliphatic heterocycles. The summed E-state index contributed by atoms with van der Waals surface area (Å²) in [6.45, 7) is 2.20. The van der Waals surface area contributed by atoms with E-state index in [0.29, 0.717) is 30.2 Å². The maximum absolute atomic E-state index is 11.6. The SMILES string of the molecule is CC(CCCNC(=O)CSCc1ccc(Cl)cc1)C(=O)O. The third-order valence-corrected chi connectivity index (χ3v) is 4.23. The zero-order valence-electron chi connectivity index (χ0n) is 12.0. The Morgan fingerprint density at radius 1 is 1.33 bits per heavy atom. The van der Waals surface area contributed by atoms with Crippen LogP contribution in [0.3, 0.4) is 0 Å². The van der Waals surface area contributed by atoms with Crippen LogP contribution in [0.25, 0.3) is 0 Å². The first-order valence-corrected chi connectivity index (χ1v) is 8.34. The van der Waals surface area contributed by atoms with Gasteiger partial charge in [0.2, 0.25) is 5.91 Å². The van der Waals surface area contributed by atoms with Crippen LogP contribution >= 0.6 is 23.4 Å². The Labute approximate surface area is 134 Å². The maximum Gasteiger partial charge on any atom is 0.306 e. The molecule has 0 fully saturated rings. The summed E-state index contributed by atoms with van der Waals surface area (Å²) < 4.78 is 0. The van der Waals surface area contributed by atoms with Crippen molar-refractivity contribution in [2.24, 2.45) is 5.92 Å². The lowest BCUT2D eigenvalue weighted by Crippen LogP contribution is -2.26. The van der Waals surface area contributed by atoms with Gasteiger partial charge >= 0.3 is 5.97 Å². The Hall–Kier alpha value is -1.20. The normalized spacial score (nSPS) is 11.9.